The number of piperazine rings is 1. The lowest BCUT2D eigenvalue weighted by atomic mass is 10.2. The Balaban J connectivity index is 1.26. The molecule has 0 N–H and O–H groups in total. The van der Waals surface area contributed by atoms with Crippen molar-refractivity contribution < 1.29 is 14.0 Å². The summed E-state index contributed by atoms with van der Waals surface area (Å²) in [4.78, 5) is 34.7. The fourth-order valence-corrected chi connectivity index (χ4v) is 5.35. The number of rotatable bonds is 3. The highest BCUT2D eigenvalue weighted by molar-refractivity contribution is 7.17. The minimum absolute atomic E-state index is 0.0117. The Hall–Kier alpha value is -2.97. The molecular formula is C22H19N3O3S2. The number of nitrogens with zero attached hydrogens (tertiary/aromatic N) is 3. The molecule has 0 aliphatic carbocycles. The zero-order chi connectivity index (χ0) is 20.7. The molecular weight excluding hydrogens is 418 g/mol. The molecule has 2 amide bonds. The van der Waals surface area contributed by atoms with Crippen molar-refractivity contribution in [3.63, 3.8) is 0 Å². The molecule has 1 aromatic carbocycles. The van der Waals surface area contributed by atoms with E-state index in [-0.39, 0.29) is 11.8 Å². The van der Waals surface area contributed by atoms with Gasteiger partial charge >= 0.3 is 0 Å². The van der Waals surface area contributed by atoms with Crippen LogP contribution in [0.2, 0.25) is 0 Å². The number of aromatic nitrogens is 1. The summed E-state index contributed by atoms with van der Waals surface area (Å²) in [6.07, 6.45) is 0. The number of benzene rings is 1. The molecule has 0 bridgehead atoms. The van der Waals surface area contributed by atoms with Crippen LogP contribution >= 0.6 is 22.7 Å². The van der Waals surface area contributed by atoms with Crippen LogP contribution in [0, 0.1) is 6.92 Å². The van der Waals surface area contributed by atoms with Crippen LogP contribution in [0.25, 0.3) is 21.5 Å². The summed E-state index contributed by atoms with van der Waals surface area (Å²) in [6.45, 7) is 3.83. The fourth-order valence-electron chi connectivity index (χ4n) is 3.60. The third-order valence-corrected chi connectivity index (χ3v) is 7.13. The van der Waals surface area contributed by atoms with E-state index in [9.17, 15) is 9.59 Å². The quantitative estimate of drug-likeness (QED) is 0.472. The molecule has 5 rings (SSSR count). The largest absolute Gasteiger partial charge is 0.451 e. The Morgan fingerprint density at radius 1 is 1.03 bits per heavy atom. The fraction of sp³-hybridized carbons (Fsp3) is 0.227. The van der Waals surface area contributed by atoms with Gasteiger partial charge in [0.05, 0.1) is 5.69 Å². The summed E-state index contributed by atoms with van der Waals surface area (Å²) in [5, 5.41) is 5.83. The summed E-state index contributed by atoms with van der Waals surface area (Å²) in [7, 11) is 0. The number of furan rings is 1. The first-order valence-electron chi connectivity index (χ1n) is 9.67. The lowest BCUT2D eigenvalue weighted by molar-refractivity contribution is 0.0521. The summed E-state index contributed by atoms with van der Waals surface area (Å²) >= 11 is 3.05. The maximum absolute atomic E-state index is 13.0. The highest BCUT2D eigenvalue weighted by atomic mass is 32.1. The van der Waals surface area contributed by atoms with Gasteiger partial charge in [0, 0.05) is 42.5 Å². The number of aryl methyl sites for hydroxylation is 1. The summed E-state index contributed by atoms with van der Waals surface area (Å²) < 4.78 is 5.70. The first-order chi connectivity index (χ1) is 14.6. The standard InChI is InChI=1S/C22H19N3O3S2/c1-14-19(30-20(23-14)16-6-11-29-13-16)22(27)25-9-7-24(8-10-25)21(26)18-12-15-4-2-3-5-17(15)28-18/h2-6,11-13H,7-10H2,1H3. The molecule has 1 aliphatic rings. The Labute approximate surface area is 181 Å². The van der Waals surface area contributed by atoms with E-state index < -0.39 is 0 Å². The zero-order valence-corrected chi connectivity index (χ0v) is 18.0. The first kappa shape index (κ1) is 19.0. The predicted molar refractivity (Wildman–Crippen MR) is 118 cm³/mol. The van der Waals surface area contributed by atoms with E-state index in [0.717, 1.165) is 21.7 Å². The van der Waals surface area contributed by atoms with Crippen LogP contribution in [0.5, 0.6) is 0 Å². The van der Waals surface area contributed by atoms with Crippen LogP contribution < -0.4 is 0 Å². The van der Waals surface area contributed by atoms with Crippen LogP contribution in [0.1, 0.15) is 25.9 Å². The topological polar surface area (TPSA) is 66.7 Å². The molecule has 0 radical (unpaired) electrons. The third-order valence-electron chi connectivity index (χ3n) is 5.25. The zero-order valence-electron chi connectivity index (χ0n) is 16.3. The van der Waals surface area contributed by atoms with Crippen molar-refractivity contribution in [1.29, 1.82) is 0 Å². The van der Waals surface area contributed by atoms with Gasteiger partial charge in [-0.1, -0.05) is 18.2 Å². The number of para-hydroxylation sites is 1. The van der Waals surface area contributed by atoms with Gasteiger partial charge in [-0.3, -0.25) is 9.59 Å². The molecule has 4 heterocycles. The van der Waals surface area contributed by atoms with E-state index in [1.807, 2.05) is 48.0 Å². The van der Waals surface area contributed by atoms with E-state index in [4.69, 9.17) is 4.42 Å². The normalized spacial score (nSPS) is 14.4. The van der Waals surface area contributed by atoms with Crippen molar-refractivity contribution in [3.05, 3.63) is 63.5 Å². The van der Waals surface area contributed by atoms with Crippen molar-refractivity contribution in [1.82, 2.24) is 14.8 Å². The van der Waals surface area contributed by atoms with Gasteiger partial charge < -0.3 is 14.2 Å². The van der Waals surface area contributed by atoms with Gasteiger partial charge in [-0.05, 0) is 30.5 Å². The number of thiophene rings is 1. The van der Waals surface area contributed by atoms with Crippen LogP contribution in [0.4, 0.5) is 0 Å². The highest BCUT2D eigenvalue weighted by Crippen LogP contribution is 2.30. The second-order valence-electron chi connectivity index (χ2n) is 7.18. The third kappa shape index (κ3) is 3.42. The summed E-state index contributed by atoms with van der Waals surface area (Å²) in [6, 6.07) is 11.4. The van der Waals surface area contributed by atoms with E-state index in [1.165, 1.54) is 11.3 Å². The van der Waals surface area contributed by atoms with E-state index in [0.29, 0.717) is 42.4 Å². The highest BCUT2D eigenvalue weighted by Gasteiger charge is 2.29. The number of amides is 2. The molecule has 1 aliphatic heterocycles. The average Bonchev–Trinajstić information content (AvgIpc) is 3.51. The molecule has 0 saturated carbocycles. The Bertz CT molecular complexity index is 1180. The van der Waals surface area contributed by atoms with E-state index in [2.05, 4.69) is 4.98 Å². The van der Waals surface area contributed by atoms with Crippen molar-refractivity contribution in [3.8, 4) is 10.6 Å². The molecule has 3 aromatic heterocycles. The number of hydrogen-bond donors (Lipinski definition) is 0. The van der Waals surface area contributed by atoms with Crippen molar-refractivity contribution >= 4 is 45.5 Å². The number of hydrogen-bond acceptors (Lipinski definition) is 6. The van der Waals surface area contributed by atoms with Crippen LogP contribution in [0.15, 0.2) is 51.6 Å². The monoisotopic (exact) mass is 437 g/mol. The molecule has 0 spiro atoms. The van der Waals surface area contributed by atoms with Gasteiger partial charge in [0.15, 0.2) is 5.76 Å². The van der Waals surface area contributed by atoms with Gasteiger partial charge in [-0.15, -0.1) is 11.3 Å². The van der Waals surface area contributed by atoms with Crippen LogP contribution in [-0.2, 0) is 0 Å². The molecule has 30 heavy (non-hydrogen) atoms. The van der Waals surface area contributed by atoms with Crippen LogP contribution in [0.3, 0.4) is 0 Å². The molecule has 0 unspecified atom stereocenters. The summed E-state index contributed by atoms with van der Waals surface area (Å²) in [5.41, 5.74) is 2.51. The van der Waals surface area contributed by atoms with Gasteiger partial charge in [0.1, 0.15) is 15.5 Å². The molecule has 6 nitrogen and oxygen atoms in total. The predicted octanol–water partition coefficient (Wildman–Crippen LogP) is 4.52. The Morgan fingerprint density at radius 2 is 1.77 bits per heavy atom. The van der Waals surface area contributed by atoms with Gasteiger partial charge in [0.2, 0.25) is 0 Å². The molecule has 1 fully saturated rings. The lowest BCUT2D eigenvalue weighted by Gasteiger charge is -2.34. The maximum Gasteiger partial charge on any atom is 0.289 e. The summed E-state index contributed by atoms with van der Waals surface area (Å²) in [5.74, 6) is 0.198. The Morgan fingerprint density at radius 3 is 2.47 bits per heavy atom. The minimum Gasteiger partial charge on any atom is -0.451 e. The second kappa shape index (κ2) is 7.70. The van der Waals surface area contributed by atoms with Gasteiger partial charge in [-0.25, -0.2) is 4.98 Å². The number of carbonyl (C=O) groups is 2. The van der Waals surface area contributed by atoms with E-state index in [1.54, 1.807) is 27.2 Å². The van der Waals surface area contributed by atoms with Gasteiger partial charge in [-0.2, -0.15) is 11.3 Å². The van der Waals surface area contributed by atoms with Crippen molar-refractivity contribution in [2.45, 2.75) is 6.92 Å². The molecule has 1 saturated heterocycles. The molecule has 8 heteroatoms. The average molecular weight is 438 g/mol. The Kier molecular flexibility index (Phi) is 4.88. The molecule has 4 aromatic rings. The first-order valence-corrected chi connectivity index (χ1v) is 11.4. The SMILES string of the molecule is Cc1nc(-c2ccsc2)sc1C(=O)N1CCN(C(=O)c2cc3ccccc3o2)CC1. The number of thiazole rings is 1. The minimum atomic E-state index is -0.132. The second-order valence-corrected chi connectivity index (χ2v) is 8.96. The molecule has 152 valence electrons. The van der Waals surface area contributed by atoms with Gasteiger partial charge in [0.25, 0.3) is 11.8 Å². The smallest absolute Gasteiger partial charge is 0.289 e. The number of fused-ring (bicyclic) bond motifs is 1. The van der Waals surface area contributed by atoms with Crippen LogP contribution in [-0.4, -0.2) is 52.8 Å². The maximum atomic E-state index is 13.0. The lowest BCUT2D eigenvalue weighted by Crippen LogP contribution is -2.50. The van der Waals surface area contributed by atoms with Crippen molar-refractivity contribution in [2.24, 2.45) is 0 Å². The van der Waals surface area contributed by atoms with E-state index >= 15 is 0 Å². The number of carbonyl (C=O) groups excluding carboxylic acids is 2. The molecule has 0 atom stereocenters. The van der Waals surface area contributed by atoms with Crippen molar-refractivity contribution in [2.75, 3.05) is 26.2 Å².